The first-order valence-electron chi connectivity index (χ1n) is 12.4. The molecule has 4 rings (SSSR count). The smallest absolute Gasteiger partial charge is 0.343 e. The van der Waals surface area contributed by atoms with E-state index < -0.39 is 23.9 Å². The van der Waals surface area contributed by atoms with Gasteiger partial charge in [0.15, 0.2) is 0 Å². The fourth-order valence-electron chi connectivity index (χ4n) is 3.36. The molecular weight excluding hydrogens is 544 g/mol. The molecule has 10 heteroatoms. The van der Waals surface area contributed by atoms with Crippen LogP contribution in [0.4, 0.5) is 0 Å². The van der Waals surface area contributed by atoms with Crippen molar-refractivity contribution in [2.24, 2.45) is 0 Å². The molecule has 0 unspecified atom stereocenters. The molecule has 0 saturated heterocycles. The summed E-state index contributed by atoms with van der Waals surface area (Å²) < 4.78 is 31.1. The second-order valence-corrected chi connectivity index (χ2v) is 8.35. The van der Waals surface area contributed by atoms with Gasteiger partial charge < -0.3 is 28.4 Å². The van der Waals surface area contributed by atoms with E-state index in [1.807, 2.05) is 0 Å². The van der Waals surface area contributed by atoms with E-state index >= 15 is 0 Å². The molecule has 0 aliphatic carbocycles. The van der Waals surface area contributed by atoms with E-state index in [2.05, 4.69) is 6.58 Å². The Morgan fingerprint density at radius 3 is 1.24 bits per heavy atom. The van der Waals surface area contributed by atoms with Gasteiger partial charge in [-0.3, -0.25) is 0 Å². The second kappa shape index (κ2) is 13.9. The van der Waals surface area contributed by atoms with E-state index in [0.29, 0.717) is 17.1 Å². The Morgan fingerprint density at radius 1 is 0.548 bits per heavy atom. The molecule has 42 heavy (non-hydrogen) atoms. The van der Waals surface area contributed by atoms with Crippen LogP contribution in [0.25, 0.3) is 0 Å². The average molecular weight is 569 g/mol. The second-order valence-electron chi connectivity index (χ2n) is 8.35. The molecule has 0 aliphatic heterocycles. The molecule has 0 spiro atoms. The van der Waals surface area contributed by atoms with Crippen molar-refractivity contribution in [3.05, 3.63) is 126 Å². The van der Waals surface area contributed by atoms with E-state index in [-0.39, 0.29) is 35.2 Å². The van der Waals surface area contributed by atoms with Crippen molar-refractivity contribution < 1.29 is 47.6 Å². The Hall–Kier alpha value is -5.90. The zero-order valence-electron chi connectivity index (χ0n) is 22.3. The van der Waals surface area contributed by atoms with E-state index in [4.69, 9.17) is 28.4 Å². The molecular formula is C32H24O10. The van der Waals surface area contributed by atoms with Gasteiger partial charge in [0.25, 0.3) is 0 Å². The Kier molecular flexibility index (Phi) is 9.66. The van der Waals surface area contributed by atoms with E-state index in [1.54, 1.807) is 24.3 Å². The van der Waals surface area contributed by atoms with Gasteiger partial charge in [-0.05, 0) is 97.1 Å². The highest BCUT2D eigenvalue weighted by Crippen LogP contribution is 2.22. The number of methoxy groups -OCH3 is 1. The number of benzene rings is 4. The molecule has 0 aromatic heterocycles. The summed E-state index contributed by atoms with van der Waals surface area (Å²) in [5.74, 6) is -0.675. The van der Waals surface area contributed by atoms with Crippen molar-refractivity contribution in [3.8, 4) is 28.7 Å². The maximum Gasteiger partial charge on any atom is 0.343 e. The Morgan fingerprint density at radius 2 is 0.881 bits per heavy atom. The number of hydrogen-bond donors (Lipinski definition) is 0. The summed E-state index contributed by atoms with van der Waals surface area (Å²) in [6.07, 6.45) is 1.02. The molecule has 0 heterocycles. The summed E-state index contributed by atoms with van der Waals surface area (Å²) in [6, 6.07) is 24.3. The Balaban J connectivity index is 1.26. The lowest BCUT2D eigenvalue weighted by atomic mass is 10.2. The van der Waals surface area contributed by atoms with Crippen molar-refractivity contribution in [1.29, 1.82) is 0 Å². The number of ether oxygens (including phenoxy) is 6. The van der Waals surface area contributed by atoms with Crippen molar-refractivity contribution >= 4 is 23.9 Å². The van der Waals surface area contributed by atoms with Gasteiger partial charge in [-0.15, -0.1) is 0 Å². The molecule has 0 bridgehead atoms. The van der Waals surface area contributed by atoms with E-state index in [1.165, 1.54) is 79.9 Å². The van der Waals surface area contributed by atoms with E-state index in [9.17, 15) is 19.2 Å². The third-order valence-electron chi connectivity index (χ3n) is 5.55. The molecule has 0 radical (unpaired) electrons. The van der Waals surface area contributed by atoms with Gasteiger partial charge >= 0.3 is 23.9 Å². The lowest BCUT2D eigenvalue weighted by molar-refractivity contribution is -0.144. The van der Waals surface area contributed by atoms with Crippen molar-refractivity contribution in [3.63, 3.8) is 0 Å². The summed E-state index contributed by atoms with van der Waals surface area (Å²) >= 11 is 0. The molecule has 0 fully saturated rings. The third-order valence-corrected chi connectivity index (χ3v) is 5.55. The van der Waals surface area contributed by atoms with Gasteiger partial charge in [0.1, 0.15) is 28.7 Å². The summed E-state index contributed by atoms with van der Waals surface area (Å²) in [7, 11) is 1.53. The molecule has 0 saturated carbocycles. The molecule has 0 atom stereocenters. The van der Waals surface area contributed by atoms with Crippen molar-refractivity contribution in [2.75, 3.05) is 13.9 Å². The first-order valence-corrected chi connectivity index (χ1v) is 12.4. The van der Waals surface area contributed by atoms with Gasteiger partial charge in [-0.25, -0.2) is 19.2 Å². The topological polar surface area (TPSA) is 124 Å². The molecule has 0 aliphatic rings. The van der Waals surface area contributed by atoms with Crippen molar-refractivity contribution in [2.45, 2.75) is 0 Å². The van der Waals surface area contributed by atoms with Crippen LogP contribution < -0.4 is 23.7 Å². The number of esters is 4. The van der Waals surface area contributed by atoms with Crippen molar-refractivity contribution in [1.82, 2.24) is 0 Å². The van der Waals surface area contributed by atoms with Crippen LogP contribution in [0.3, 0.4) is 0 Å². The standard InChI is InChI=1S/C32H24O10/c1-3-29(33)39-20-38-25-12-6-22(7-13-25)31(35)40-26-14-8-23(9-15-26)32(36)42-28-18-16-27(17-19-28)41-30(34)21-4-10-24(37-2)11-5-21/h3-19H,1,20H2,2H3. The quantitative estimate of drug-likeness (QED) is 0.100. The molecule has 0 amide bonds. The van der Waals surface area contributed by atoms with Gasteiger partial charge in [-0.1, -0.05) is 6.58 Å². The fraction of sp³-hybridized carbons (Fsp3) is 0.0625. The summed E-state index contributed by atoms with van der Waals surface area (Å²) in [5, 5.41) is 0. The monoisotopic (exact) mass is 568 g/mol. The van der Waals surface area contributed by atoms with Crippen LogP contribution in [0, 0.1) is 0 Å². The molecule has 4 aromatic rings. The SMILES string of the molecule is C=CC(=O)OCOc1ccc(C(=O)Oc2ccc(C(=O)Oc3ccc(OC(=O)c4ccc(OC)cc4)cc3)cc2)cc1. The zero-order chi connectivity index (χ0) is 29.9. The fourth-order valence-corrected chi connectivity index (χ4v) is 3.36. The predicted molar refractivity (Wildman–Crippen MR) is 149 cm³/mol. The van der Waals surface area contributed by atoms with E-state index in [0.717, 1.165) is 6.08 Å². The maximum atomic E-state index is 12.6. The number of hydrogen-bond acceptors (Lipinski definition) is 10. The Bertz CT molecular complexity index is 1560. The third kappa shape index (κ3) is 8.06. The van der Waals surface area contributed by atoms with Gasteiger partial charge in [-0.2, -0.15) is 0 Å². The van der Waals surface area contributed by atoms with Crippen LogP contribution in [0.15, 0.2) is 110 Å². The molecule has 212 valence electrons. The largest absolute Gasteiger partial charge is 0.497 e. The molecule has 4 aromatic carbocycles. The first-order chi connectivity index (χ1) is 20.3. The highest BCUT2D eigenvalue weighted by molar-refractivity contribution is 5.93. The summed E-state index contributed by atoms with van der Waals surface area (Å²) in [5.41, 5.74) is 0.837. The first kappa shape index (κ1) is 29.1. The van der Waals surface area contributed by atoms with Crippen LogP contribution in [0.5, 0.6) is 28.7 Å². The molecule has 0 N–H and O–H groups in total. The van der Waals surface area contributed by atoms with Gasteiger partial charge in [0.05, 0.1) is 23.8 Å². The number of carbonyl (C=O) groups excluding carboxylic acids is 4. The number of rotatable bonds is 11. The lowest BCUT2D eigenvalue weighted by Gasteiger charge is -2.09. The summed E-state index contributed by atoms with van der Waals surface area (Å²) in [6.45, 7) is 2.99. The average Bonchev–Trinajstić information content (AvgIpc) is 3.02. The van der Waals surface area contributed by atoms with Crippen LogP contribution in [-0.2, 0) is 9.53 Å². The highest BCUT2D eigenvalue weighted by atomic mass is 16.7. The normalized spacial score (nSPS) is 10.1. The van der Waals surface area contributed by atoms with Crippen LogP contribution >= 0.6 is 0 Å². The lowest BCUT2D eigenvalue weighted by Crippen LogP contribution is -2.11. The minimum atomic E-state index is -0.634. The van der Waals surface area contributed by atoms with Crippen LogP contribution in [0.2, 0.25) is 0 Å². The van der Waals surface area contributed by atoms with Gasteiger partial charge in [0.2, 0.25) is 6.79 Å². The maximum absolute atomic E-state index is 12.6. The van der Waals surface area contributed by atoms with Crippen LogP contribution in [0.1, 0.15) is 31.1 Å². The minimum Gasteiger partial charge on any atom is -0.497 e. The highest BCUT2D eigenvalue weighted by Gasteiger charge is 2.13. The number of carbonyl (C=O) groups is 4. The predicted octanol–water partition coefficient (Wildman–Crippen LogP) is 5.42. The summed E-state index contributed by atoms with van der Waals surface area (Å²) in [4.78, 5) is 48.4. The minimum absolute atomic E-state index is 0.219. The zero-order valence-corrected chi connectivity index (χ0v) is 22.3. The Labute approximate surface area is 240 Å². The molecule has 10 nitrogen and oxygen atoms in total. The van der Waals surface area contributed by atoms with Gasteiger partial charge in [0, 0.05) is 6.08 Å². The van der Waals surface area contributed by atoms with Crippen LogP contribution in [-0.4, -0.2) is 37.8 Å².